The van der Waals surface area contributed by atoms with Gasteiger partial charge in [0.1, 0.15) is 6.61 Å². The van der Waals surface area contributed by atoms with Crippen LogP contribution in [0.15, 0.2) is 48.8 Å². The van der Waals surface area contributed by atoms with Crippen LogP contribution in [0, 0.1) is 5.92 Å². The molecule has 2 heterocycles. The number of rotatable bonds is 8. The zero-order chi connectivity index (χ0) is 19.1. The molecular formula is C20H23N3O4. The number of amides is 2. The van der Waals surface area contributed by atoms with E-state index in [9.17, 15) is 9.59 Å². The lowest BCUT2D eigenvalue weighted by Crippen LogP contribution is -2.34. The van der Waals surface area contributed by atoms with Crippen molar-refractivity contribution in [1.82, 2.24) is 15.2 Å². The third-order valence-electron chi connectivity index (χ3n) is 4.46. The molecule has 1 fully saturated rings. The molecule has 2 aromatic rings. The van der Waals surface area contributed by atoms with Crippen molar-refractivity contribution >= 4 is 11.8 Å². The number of hydrogen-bond donors (Lipinski definition) is 1. The van der Waals surface area contributed by atoms with Crippen LogP contribution in [0.4, 0.5) is 0 Å². The van der Waals surface area contributed by atoms with Gasteiger partial charge in [-0.3, -0.25) is 14.6 Å². The molecule has 7 heteroatoms. The van der Waals surface area contributed by atoms with E-state index in [4.69, 9.17) is 9.47 Å². The van der Waals surface area contributed by atoms with E-state index in [1.807, 2.05) is 36.4 Å². The van der Waals surface area contributed by atoms with Crippen LogP contribution in [0.3, 0.4) is 0 Å². The normalized spacial score (nSPS) is 16.3. The van der Waals surface area contributed by atoms with E-state index < -0.39 is 0 Å². The fraction of sp³-hybridized carbons (Fsp3) is 0.350. The highest BCUT2D eigenvalue weighted by Crippen LogP contribution is 2.26. The summed E-state index contributed by atoms with van der Waals surface area (Å²) >= 11 is 0. The minimum absolute atomic E-state index is 0.0276. The average molecular weight is 369 g/mol. The van der Waals surface area contributed by atoms with Crippen LogP contribution in [0.2, 0.25) is 0 Å². The second kappa shape index (κ2) is 9.02. The maximum atomic E-state index is 12.3. The van der Waals surface area contributed by atoms with Gasteiger partial charge in [0.2, 0.25) is 11.8 Å². The van der Waals surface area contributed by atoms with Gasteiger partial charge in [0.15, 0.2) is 11.5 Å². The topological polar surface area (TPSA) is 80.8 Å². The molecule has 3 rings (SSSR count). The van der Waals surface area contributed by atoms with Gasteiger partial charge in [-0.05, 0) is 23.8 Å². The highest BCUT2D eigenvalue weighted by Gasteiger charge is 2.33. The summed E-state index contributed by atoms with van der Waals surface area (Å²) in [6.45, 7) is 1.60. The molecule has 1 aromatic heterocycles. The van der Waals surface area contributed by atoms with Gasteiger partial charge in [-0.2, -0.15) is 0 Å². The summed E-state index contributed by atoms with van der Waals surface area (Å²) in [5.74, 6) is 0.816. The lowest BCUT2D eigenvalue weighted by molar-refractivity contribution is -0.129. The first-order valence-corrected chi connectivity index (χ1v) is 8.87. The Morgan fingerprint density at radius 3 is 2.81 bits per heavy atom. The fourth-order valence-corrected chi connectivity index (χ4v) is 3.00. The number of benzene rings is 1. The summed E-state index contributed by atoms with van der Waals surface area (Å²) in [6, 6.07) is 11.1. The SMILES string of the molecule is COc1ccccc1OCCN1CC(C(=O)NCc2cccnc2)CC1=O. The Bertz CT molecular complexity index is 782. The summed E-state index contributed by atoms with van der Waals surface area (Å²) in [5, 5.41) is 2.87. The van der Waals surface area contributed by atoms with Crippen molar-refractivity contribution < 1.29 is 19.1 Å². The molecule has 142 valence electrons. The summed E-state index contributed by atoms with van der Waals surface area (Å²) < 4.78 is 11.0. The number of likely N-dealkylation sites (tertiary alicyclic amines) is 1. The first-order chi connectivity index (χ1) is 13.2. The maximum absolute atomic E-state index is 12.3. The Labute approximate surface area is 158 Å². The van der Waals surface area contributed by atoms with Gasteiger partial charge in [-0.15, -0.1) is 0 Å². The zero-order valence-electron chi connectivity index (χ0n) is 15.3. The first kappa shape index (κ1) is 18.7. The molecule has 1 aliphatic heterocycles. The van der Waals surface area contributed by atoms with Gasteiger partial charge in [0.25, 0.3) is 0 Å². The predicted molar refractivity (Wildman–Crippen MR) is 99.3 cm³/mol. The van der Waals surface area contributed by atoms with E-state index in [0.29, 0.717) is 37.7 Å². The standard InChI is InChI=1S/C20H23N3O4/c1-26-17-6-2-3-7-18(17)27-10-9-23-14-16(11-19(23)24)20(25)22-13-15-5-4-8-21-12-15/h2-8,12,16H,9-11,13-14H2,1H3,(H,22,25). The number of carbonyl (C=O) groups is 2. The largest absolute Gasteiger partial charge is 0.493 e. The van der Waals surface area contributed by atoms with E-state index in [1.54, 1.807) is 24.4 Å². The molecule has 1 aliphatic rings. The molecule has 0 saturated carbocycles. The number of aromatic nitrogens is 1. The van der Waals surface area contributed by atoms with Crippen molar-refractivity contribution in [1.29, 1.82) is 0 Å². The van der Waals surface area contributed by atoms with Crippen molar-refractivity contribution in [2.45, 2.75) is 13.0 Å². The molecule has 1 N–H and O–H groups in total. The molecule has 27 heavy (non-hydrogen) atoms. The van der Waals surface area contributed by atoms with Gasteiger partial charge < -0.3 is 19.7 Å². The Morgan fingerprint density at radius 1 is 1.26 bits per heavy atom. The number of nitrogens with one attached hydrogen (secondary N) is 1. The van der Waals surface area contributed by atoms with Crippen LogP contribution in [0.1, 0.15) is 12.0 Å². The van der Waals surface area contributed by atoms with Crippen LogP contribution in [0.25, 0.3) is 0 Å². The molecule has 1 unspecified atom stereocenters. The van der Waals surface area contributed by atoms with Gasteiger partial charge in [0, 0.05) is 31.9 Å². The van der Waals surface area contributed by atoms with Crippen LogP contribution in [-0.4, -0.2) is 48.5 Å². The Morgan fingerprint density at radius 2 is 2.07 bits per heavy atom. The highest BCUT2D eigenvalue weighted by molar-refractivity contribution is 5.89. The molecule has 1 atom stereocenters. The Balaban J connectivity index is 1.45. The number of hydrogen-bond acceptors (Lipinski definition) is 5. The second-order valence-electron chi connectivity index (χ2n) is 6.32. The molecule has 0 radical (unpaired) electrons. The van der Waals surface area contributed by atoms with Gasteiger partial charge in [-0.1, -0.05) is 18.2 Å². The lowest BCUT2D eigenvalue weighted by atomic mass is 10.1. The zero-order valence-corrected chi connectivity index (χ0v) is 15.3. The summed E-state index contributed by atoms with van der Waals surface area (Å²) in [6.07, 6.45) is 3.63. The molecular weight excluding hydrogens is 346 g/mol. The van der Waals surface area contributed by atoms with E-state index in [-0.39, 0.29) is 24.2 Å². The number of para-hydroxylation sites is 2. The van der Waals surface area contributed by atoms with E-state index in [1.165, 1.54) is 0 Å². The van der Waals surface area contributed by atoms with Gasteiger partial charge in [0.05, 0.1) is 19.6 Å². The fourth-order valence-electron chi connectivity index (χ4n) is 3.00. The number of ether oxygens (including phenoxy) is 2. The minimum atomic E-state index is -0.333. The van der Waals surface area contributed by atoms with Gasteiger partial charge in [-0.25, -0.2) is 0 Å². The van der Waals surface area contributed by atoms with Crippen molar-refractivity contribution in [3.8, 4) is 11.5 Å². The van der Waals surface area contributed by atoms with Crippen LogP contribution >= 0.6 is 0 Å². The Kier molecular flexibility index (Phi) is 6.25. The van der Waals surface area contributed by atoms with E-state index >= 15 is 0 Å². The van der Waals surface area contributed by atoms with Crippen molar-refractivity contribution in [3.63, 3.8) is 0 Å². The molecule has 1 aromatic carbocycles. The average Bonchev–Trinajstić information content (AvgIpc) is 3.08. The third-order valence-corrected chi connectivity index (χ3v) is 4.46. The lowest BCUT2D eigenvalue weighted by Gasteiger charge is -2.17. The Hall–Kier alpha value is -3.09. The number of pyridine rings is 1. The minimum Gasteiger partial charge on any atom is -0.493 e. The van der Waals surface area contributed by atoms with Crippen LogP contribution < -0.4 is 14.8 Å². The van der Waals surface area contributed by atoms with Crippen molar-refractivity contribution in [2.75, 3.05) is 26.8 Å². The second-order valence-corrected chi connectivity index (χ2v) is 6.32. The highest BCUT2D eigenvalue weighted by atomic mass is 16.5. The van der Waals surface area contributed by atoms with Crippen molar-refractivity contribution in [2.24, 2.45) is 5.92 Å². The predicted octanol–water partition coefficient (Wildman–Crippen LogP) is 1.63. The monoisotopic (exact) mass is 369 g/mol. The van der Waals surface area contributed by atoms with Crippen molar-refractivity contribution in [3.05, 3.63) is 54.4 Å². The van der Waals surface area contributed by atoms with Gasteiger partial charge >= 0.3 is 0 Å². The third kappa shape index (κ3) is 4.97. The molecule has 0 aliphatic carbocycles. The number of nitrogens with zero attached hydrogens (tertiary/aromatic N) is 2. The molecule has 7 nitrogen and oxygen atoms in total. The molecule has 0 spiro atoms. The quantitative estimate of drug-likeness (QED) is 0.765. The summed E-state index contributed by atoms with van der Waals surface area (Å²) in [5.41, 5.74) is 0.928. The van der Waals surface area contributed by atoms with Crippen LogP contribution in [0.5, 0.6) is 11.5 Å². The summed E-state index contributed by atoms with van der Waals surface area (Å²) in [7, 11) is 1.58. The first-order valence-electron chi connectivity index (χ1n) is 8.87. The smallest absolute Gasteiger partial charge is 0.225 e. The number of methoxy groups -OCH3 is 1. The number of carbonyl (C=O) groups excluding carboxylic acids is 2. The molecule has 1 saturated heterocycles. The summed E-state index contributed by atoms with van der Waals surface area (Å²) in [4.78, 5) is 30.2. The van der Waals surface area contributed by atoms with E-state index in [0.717, 1.165) is 5.56 Å². The molecule has 2 amide bonds. The van der Waals surface area contributed by atoms with Crippen LogP contribution in [-0.2, 0) is 16.1 Å². The van der Waals surface area contributed by atoms with E-state index in [2.05, 4.69) is 10.3 Å². The molecule has 0 bridgehead atoms. The maximum Gasteiger partial charge on any atom is 0.225 e.